The van der Waals surface area contributed by atoms with Crippen LogP contribution in [0.3, 0.4) is 0 Å². The number of carbonyl (C=O) groups excluding carboxylic acids is 2. The van der Waals surface area contributed by atoms with E-state index in [0.29, 0.717) is 35.7 Å². The van der Waals surface area contributed by atoms with E-state index in [1.807, 2.05) is 6.07 Å². The summed E-state index contributed by atoms with van der Waals surface area (Å²) in [5.74, 6) is -0.361. The highest BCUT2D eigenvalue weighted by molar-refractivity contribution is 5.86. The van der Waals surface area contributed by atoms with Crippen molar-refractivity contribution in [3.63, 3.8) is 0 Å². The number of esters is 1. The Hall–Kier alpha value is -3.52. The molecule has 27 heavy (non-hydrogen) atoms. The number of benzene rings is 1. The van der Waals surface area contributed by atoms with Gasteiger partial charge < -0.3 is 19.1 Å². The van der Waals surface area contributed by atoms with Crippen LogP contribution in [0.25, 0.3) is 22.3 Å². The van der Waals surface area contributed by atoms with Gasteiger partial charge in [-0.3, -0.25) is 9.59 Å². The summed E-state index contributed by atoms with van der Waals surface area (Å²) in [5, 5.41) is 10.9. The number of pyridine rings is 2. The van der Waals surface area contributed by atoms with Gasteiger partial charge in [0.05, 0.1) is 29.0 Å². The Balaban J connectivity index is 1.71. The molecule has 4 heterocycles. The molecule has 1 N–H and O–H groups in total. The minimum Gasteiger partial charge on any atom is -0.458 e. The Morgan fingerprint density at radius 2 is 2.11 bits per heavy atom. The summed E-state index contributed by atoms with van der Waals surface area (Å²) >= 11 is 0. The quantitative estimate of drug-likeness (QED) is 0.418. The van der Waals surface area contributed by atoms with Gasteiger partial charge in [-0.1, -0.05) is 0 Å². The van der Waals surface area contributed by atoms with Crippen molar-refractivity contribution < 1.29 is 24.2 Å². The average Bonchev–Trinajstić information content (AvgIpc) is 3.01. The number of rotatable bonds is 2. The van der Waals surface area contributed by atoms with E-state index in [0.717, 1.165) is 10.9 Å². The lowest BCUT2D eigenvalue weighted by Crippen LogP contribution is -2.32. The van der Waals surface area contributed by atoms with Crippen molar-refractivity contribution in [2.75, 3.05) is 0 Å². The Morgan fingerprint density at radius 1 is 1.26 bits per heavy atom. The average molecular weight is 364 g/mol. The number of nitrogens with zero attached hydrogens (tertiary/aromatic N) is 2. The van der Waals surface area contributed by atoms with Crippen LogP contribution in [0, 0.1) is 0 Å². The topological polar surface area (TPSA) is 108 Å². The lowest BCUT2D eigenvalue weighted by atomic mass is 10.0. The van der Waals surface area contributed by atoms with Crippen LogP contribution < -0.4 is 10.3 Å². The highest BCUT2D eigenvalue weighted by atomic mass is 16.5. The SMILES string of the molecule is O=COc1ccc2nc3c(cc2c1)Cn1c-3cc2c(c1=O)COC(=O)[C@H]2O. The third kappa shape index (κ3) is 2.20. The smallest absolute Gasteiger partial charge is 0.340 e. The van der Waals surface area contributed by atoms with E-state index < -0.39 is 12.1 Å². The molecule has 8 heteroatoms. The largest absolute Gasteiger partial charge is 0.458 e. The summed E-state index contributed by atoms with van der Waals surface area (Å²) in [6.07, 6.45) is -1.47. The zero-order valence-electron chi connectivity index (χ0n) is 13.8. The summed E-state index contributed by atoms with van der Waals surface area (Å²) in [7, 11) is 0. The van der Waals surface area contributed by atoms with E-state index >= 15 is 0 Å². The highest BCUT2D eigenvalue weighted by Gasteiger charge is 2.33. The summed E-state index contributed by atoms with van der Waals surface area (Å²) < 4.78 is 11.3. The number of hydrogen-bond donors (Lipinski definition) is 1. The first-order valence-corrected chi connectivity index (χ1v) is 8.22. The van der Waals surface area contributed by atoms with Crippen LogP contribution in [0.2, 0.25) is 0 Å². The van der Waals surface area contributed by atoms with Crippen molar-refractivity contribution in [1.82, 2.24) is 9.55 Å². The highest BCUT2D eigenvalue weighted by Crippen LogP contribution is 2.35. The molecule has 0 fully saturated rings. The predicted molar refractivity (Wildman–Crippen MR) is 92.0 cm³/mol. The number of aromatic nitrogens is 2. The van der Waals surface area contributed by atoms with Gasteiger partial charge in [-0.05, 0) is 30.3 Å². The zero-order chi connectivity index (χ0) is 18.7. The number of carbonyl (C=O) groups is 2. The van der Waals surface area contributed by atoms with Gasteiger partial charge in [0.1, 0.15) is 12.4 Å². The Morgan fingerprint density at radius 3 is 2.93 bits per heavy atom. The van der Waals surface area contributed by atoms with E-state index in [1.165, 1.54) is 0 Å². The summed E-state index contributed by atoms with van der Waals surface area (Å²) in [5.41, 5.74) is 2.92. The first kappa shape index (κ1) is 15.7. The van der Waals surface area contributed by atoms with E-state index in [9.17, 15) is 19.5 Å². The van der Waals surface area contributed by atoms with Crippen molar-refractivity contribution in [3.05, 3.63) is 57.4 Å². The van der Waals surface area contributed by atoms with Crippen molar-refractivity contribution in [3.8, 4) is 17.1 Å². The minimum atomic E-state index is -1.47. The molecule has 0 bridgehead atoms. The van der Waals surface area contributed by atoms with Gasteiger partial charge in [0.15, 0.2) is 6.10 Å². The number of aliphatic hydroxyl groups excluding tert-OH is 1. The molecule has 0 saturated carbocycles. The first-order valence-electron chi connectivity index (χ1n) is 8.22. The van der Waals surface area contributed by atoms with E-state index in [2.05, 4.69) is 4.98 Å². The molecule has 2 aromatic heterocycles. The third-order valence-corrected chi connectivity index (χ3v) is 4.93. The minimum absolute atomic E-state index is 0.150. The second-order valence-electron chi connectivity index (χ2n) is 6.43. The van der Waals surface area contributed by atoms with Crippen LogP contribution >= 0.6 is 0 Å². The summed E-state index contributed by atoms with van der Waals surface area (Å²) in [4.78, 5) is 39.6. The zero-order valence-corrected chi connectivity index (χ0v) is 13.8. The molecule has 1 atom stereocenters. The van der Waals surface area contributed by atoms with Crippen molar-refractivity contribution in [2.45, 2.75) is 19.3 Å². The summed E-state index contributed by atoms with van der Waals surface area (Å²) in [6, 6.07) is 8.57. The molecule has 3 aromatic rings. The van der Waals surface area contributed by atoms with E-state index in [-0.39, 0.29) is 23.3 Å². The molecular formula is C19H12N2O6. The standard InChI is InChI=1S/C19H12N2O6/c22-8-27-11-1-2-14-9(4-11)3-10-6-21-15(16(10)20-14)5-12-13(18(21)24)7-26-19(25)17(12)23/h1-5,8,17,23H,6-7H2/t17-/m0/s1. The van der Waals surface area contributed by atoms with Gasteiger partial charge in [-0.2, -0.15) is 0 Å². The fourth-order valence-electron chi connectivity index (χ4n) is 3.64. The molecule has 0 radical (unpaired) electrons. The molecule has 0 aliphatic carbocycles. The van der Waals surface area contributed by atoms with Gasteiger partial charge in [-0.25, -0.2) is 9.78 Å². The maximum Gasteiger partial charge on any atom is 0.340 e. The van der Waals surface area contributed by atoms with Gasteiger partial charge in [0.25, 0.3) is 12.0 Å². The predicted octanol–water partition coefficient (Wildman–Crippen LogP) is 1.05. The van der Waals surface area contributed by atoms with E-state index in [4.69, 9.17) is 9.47 Å². The molecule has 1 aromatic carbocycles. The van der Waals surface area contributed by atoms with Crippen LogP contribution in [0.15, 0.2) is 35.1 Å². The molecule has 0 unspecified atom stereocenters. The molecule has 0 saturated heterocycles. The Bertz CT molecular complexity index is 1210. The molecule has 0 spiro atoms. The Labute approximate surface area is 151 Å². The molecule has 2 aliphatic rings. The van der Waals surface area contributed by atoms with Crippen LogP contribution in [-0.4, -0.2) is 27.1 Å². The lowest BCUT2D eigenvalue weighted by Gasteiger charge is -2.21. The fourth-order valence-corrected chi connectivity index (χ4v) is 3.64. The maximum absolute atomic E-state index is 12.8. The molecular weight excluding hydrogens is 352 g/mol. The first-order chi connectivity index (χ1) is 13.1. The van der Waals surface area contributed by atoms with Gasteiger partial charge in [0.2, 0.25) is 0 Å². The van der Waals surface area contributed by atoms with Crippen LogP contribution in [0.5, 0.6) is 5.75 Å². The number of cyclic esters (lactones) is 1. The van der Waals surface area contributed by atoms with Gasteiger partial charge in [-0.15, -0.1) is 0 Å². The third-order valence-electron chi connectivity index (χ3n) is 4.93. The van der Waals surface area contributed by atoms with Crippen molar-refractivity contribution >= 4 is 23.3 Å². The normalized spacial score (nSPS) is 17.1. The van der Waals surface area contributed by atoms with E-state index in [1.54, 1.807) is 28.8 Å². The van der Waals surface area contributed by atoms with Crippen molar-refractivity contribution in [2.24, 2.45) is 0 Å². The monoisotopic (exact) mass is 364 g/mol. The van der Waals surface area contributed by atoms with Gasteiger partial charge in [0, 0.05) is 16.5 Å². The number of aliphatic hydroxyl groups is 1. The maximum atomic E-state index is 12.8. The Kier molecular flexibility index (Phi) is 3.19. The van der Waals surface area contributed by atoms with Gasteiger partial charge >= 0.3 is 5.97 Å². The van der Waals surface area contributed by atoms with Crippen molar-refractivity contribution in [1.29, 1.82) is 0 Å². The molecule has 2 aliphatic heterocycles. The summed E-state index contributed by atoms with van der Waals surface area (Å²) in [6.45, 7) is 0.529. The van der Waals surface area contributed by atoms with Crippen LogP contribution in [0.1, 0.15) is 22.8 Å². The molecule has 8 nitrogen and oxygen atoms in total. The second kappa shape index (κ2) is 5.49. The number of hydrogen-bond acceptors (Lipinski definition) is 7. The lowest BCUT2D eigenvalue weighted by molar-refractivity contribution is -0.157. The number of ether oxygens (including phenoxy) is 2. The van der Waals surface area contributed by atoms with Crippen LogP contribution in [0.4, 0.5) is 0 Å². The number of fused-ring (bicyclic) bond motifs is 5. The molecule has 5 rings (SSSR count). The second-order valence-corrected chi connectivity index (χ2v) is 6.43. The van der Waals surface area contributed by atoms with Crippen LogP contribution in [-0.2, 0) is 27.5 Å². The molecule has 0 amide bonds. The molecule has 134 valence electrons. The fraction of sp³-hybridized carbons (Fsp3) is 0.158.